The molecule has 2 aromatic rings. The maximum atomic E-state index is 12.3. The van der Waals surface area contributed by atoms with E-state index in [9.17, 15) is 4.79 Å². The largest absolute Gasteiger partial charge is 0.481 e. The normalized spacial score (nSPS) is 14.8. The number of hydrogen-bond donors (Lipinski definition) is 0. The van der Waals surface area contributed by atoms with Crippen LogP contribution >= 0.6 is 11.3 Å². The lowest BCUT2D eigenvalue weighted by Crippen LogP contribution is -2.49. The van der Waals surface area contributed by atoms with Crippen molar-refractivity contribution in [3.05, 3.63) is 34.7 Å². The van der Waals surface area contributed by atoms with Gasteiger partial charge in [0.1, 0.15) is 0 Å². The van der Waals surface area contributed by atoms with Crippen LogP contribution in [0.5, 0.6) is 5.88 Å². The molecule has 0 saturated carbocycles. The monoisotopic (exact) mass is 332 g/mol. The third-order valence-electron chi connectivity index (χ3n) is 3.95. The lowest BCUT2D eigenvalue weighted by atomic mass is 10.1. The lowest BCUT2D eigenvalue weighted by Gasteiger charge is -2.34. The molecule has 1 aliphatic heterocycles. The Kier molecular flexibility index (Phi) is 5.07. The molecule has 0 spiro atoms. The predicted molar refractivity (Wildman–Crippen MR) is 90.0 cm³/mol. The van der Waals surface area contributed by atoms with Crippen LogP contribution in [0.2, 0.25) is 0 Å². The van der Waals surface area contributed by atoms with Gasteiger partial charge >= 0.3 is 0 Å². The van der Waals surface area contributed by atoms with Gasteiger partial charge in [-0.15, -0.1) is 0 Å². The molecule has 1 aliphatic rings. The second kappa shape index (κ2) is 7.41. The van der Waals surface area contributed by atoms with E-state index in [4.69, 9.17) is 4.74 Å². The fourth-order valence-corrected chi connectivity index (χ4v) is 3.30. The highest BCUT2D eigenvalue weighted by atomic mass is 32.1. The first-order valence-electron chi connectivity index (χ1n) is 7.67. The molecule has 0 radical (unpaired) electrons. The van der Waals surface area contributed by atoms with Gasteiger partial charge in [0.15, 0.2) is 0 Å². The lowest BCUT2D eigenvalue weighted by molar-refractivity contribution is -0.131. The van der Waals surface area contributed by atoms with E-state index < -0.39 is 0 Å². The van der Waals surface area contributed by atoms with Crippen molar-refractivity contribution in [2.75, 3.05) is 38.2 Å². The maximum Gasteiger partial charge on any atom is 0.228 e. The number of methoxy groups -OCH3 is 1. The summed E-state index contributed by atoms with van der Waals surface area (Å²) in [6, 6.07) is 3.81. The van der Waals surface area contributed by atoms with Crippen LogP contribution in [-0.4, -0.2) is 54.1 Å². The summed E-state index contributed by atoms with van der Waals surface area (Å²) in [6.45, 7) is 2.92. The van der Waals surface area contributed by atoms with Crippen LogP contribution in [0.25, 0.3) is 0 Å². The zero-order valence-electron chi connectivity index (χ0n) is 13.1. The van der Waals surface area contributed by atoms with Gasteiger partial charge in [-0.1, -0.05) is 0 Å². The van der Waals surface area contributed by atoms with E-state index in [0.29, 0.717) is 31.3 Å². The second-order valence-corrected chi connectivity index (χ2v) is 6.18. The number of hydrogen-bond acceptors (Lipinski definition) is 6. The number of aryl methyl sites for hydroxylation is 1. The summed E-state index contributed by atoms with van der Waals surface area (Å²) in [5.74, 6) is 1.45. The van der Waals surface area contributed by atoms with E-state index in [-0.39, 0.29) is 5.91 Å². The van der Waals surface area contributed by atoms with E-state index in [1.807, 2.05) is 10.3 Å². The van der Waals surface area contributed by atoms with Gasteiger partial charge in [-0.3, -0.25) is 4.79 Å². The first-order chi connectivity index (χ1) is 11.3. The van der Waals surface area contributed by atoms with Gasteiger partial charge in [-0.05, 0) is 28.8 Å². The van der Waals surface area contributed by atoms with Crippen molar-refractivity contribution in [1.29, 1.82) is 0 Å². The number of rotatable bonds is 5. The third kappa shape index (κ3) is 3.98. The Morgan fingerprint density at radius 1 is 1.30 bits per heavy atom. The van der Waals surface area contributed by atoms with Gasteiger partial charge in [0, 0.05) is 44.9 Å². The van der Waals surface area contributed by atoms with Crippen LogP contribution in [0.3, 0.4) is 0 Å². The van der Waals surface area contributed by atoms with Crippen LogP contribution in [0.15, 0.2) is 29.1 Å². The third-order valence-corrected chi connectivity index (χ3v) is 4.68. The number of thiophene rings is 1. The Bertz CT molecular complexity index is 639. The first-order valence-corrected chi connectivity index (χ1v) is 8.61. The molecule has 6 nitrogen and oxygen atoms in total. The molecular formula is C16H20N4O2S. The predicted octanol–water partition coefficient (Wildman–Crippen LogP) is 1.83. The maximum absolute atomic E-state index is 12.3. The van der Waals surface area contributed by atoms with Crippen LogP contribution in [0.1, 0.15) is 12.0 Å². The minimum atomic E-state index is 0.224. The van der Waals surface area contributed by atoms with E-state index in [0.717, 1.165) is 19.5 Å². The zero-order valence-corrected chi connectivity index (χ0v) is 14.0. The molecule has 1 amide bonds. The van der Waals surface area contributed by atoms with Crippen molar-refractivity contribution in [3.8, 4) is 5.88 Å². The van der Waals surface area contributed by atoms with Gasteiger partial charge in [0.2, 0.25) is 17.7 Å². The highest BCUT2D eigenvalue weighted by Crippen LogP contribution is 2.15. The molecule has 3 rings (SSSR count). The summed E-state index contributed by atoms with van der Waals surface area (Å²) in [5.41, 5.74) is 1.24. The molecule has 0 aromatic carbocycles. The number of ether oxygens (including phenoxy) is 1. The molecule has 1 saturated heterocycles. The molecule has 1 fully saturated rings. The summed E-state index contributed by atoms with van der Waals surface area (Å²) in [7, 11) is 1.59. The number of nitrogens with zero attached hydrogens (tertiary/aromatic N) is 4. The van der Waals surface area contributed by atoms with E-state index >= 15 is 0 Å². The van der Waals surface area contributed by atoms with Gasteiger partial charge in [0.25, 0.3) is 0 Å². The minimum absolute atomic E-state index is 0.224. The van der Waals surface area contributed by atoms with Gasteiger partial charge in [-0.25, -0.2) is 4.98 Å². The van der Waals surface area contributed by atoms with Crippen LogP contribution in [0, 0.1) is 0 Å². The van der Waals surface area contributed by atoms with Crippen LogP contribution in [0.4, 0.5) is 5.95 Å². The highest BCUT2D eigenvalue weighted by Gasteiger charge is 2.22. The average Bonchev–Trinajstić information content (AvgIpc) is 3.13. The smallest absolute Gasteiger partial charge is 0.228 e. The summed E-state index contributed by atoms with van der Waals surface area (Å²) in [6.07, 6.45) is 3.09. The molecule has 7 heteroatoms. The van der Waals surface area contributed by atoms with E-state index in [2.05, 4.69) is 26.3 Å². The van der Waals surface area contributed by atoms with Crippen molar-refractivity contribution < 1.29 is 9.53 Å². The Hall–Kier alpha value is -2.15. The fourth-order valence-electron chi connectivity index (χ4n) is 2.60. The summed E-state index contributed by atoms with van der Waals surface area (Å²) < 4.78 is 5.13. The number of amides is 1. The van der Waals surface area contributed by atoms with Crippen molar-refractivity contribution in [2.45, 2.75) is 12.8 Å². The molecule has 0 bridgehead atoms. The van der Waals surface area contributed by atoms with Crippen LogP contribution in [-0.2, 0) is 11.2 Å². The van der Waals surface area contributed by atoms with Gasteiger partial charge < -0.3 is 14.5 Å². The van der Waals surface area contributed by atoms with E-state index in [1.54, 1.807) is 30.7 Å². The number of carbonyl (C=O) groups is 1. The summed E-state index contributed by atoms with van der Waals surface area (Å²) in [5, 5.41) is 4.15. The standard InChI is InChI=1S/C16H20N4O2S/c1-22-14-4-6-17-16(18-14)20-9-7-19(8-10-20)15(21)3-2-13-5-11-23-12-13/h4-6,11-12H,2-3,7-10H2,1H3. The molecule has 122 valence electrons. The van der Waals surface area contributed by atoms with E-state index in [1.165, 1.54) is 5.56 Å². The van der Waals surface area contributed by atoms with Crippen molar-refractivity contribution >= 4 is 23.2 Å². The molecule has 2 aromatic heterocycles. The molecule has 0 N–H and O–H groups in total. The Labute approximate surface area is 139 Å². The van der Waals surface area contributed by atoms with Crippen LogP contribution < -0.4 is 9.64 Å². The number of aromatic nitrogens is 2. The SMILES string of the molecule is COc1ccnc(N2CCN(C(=O)CCc3ccsc3)CC2)n1. The molecule has 23 heavy (non-hydrogen) atoms. The minimum Gasteiger partial charge on any atom is -0.481 e. The Balaban J connectivity index is 1.50. The molecule has 0 aliphatic carbocycles. The first kappa shape index (κ1) is 15.7. The number of anilines is 1. The second-order valence-electron chi connectivity index (χ2n) is 5.40. The fraction of sp³-hybridized carbons (Fsp3) is 0.438. The van der Waals surface area contributed by atoms with Crippen molar-refractivity contribution in [1.82, 2.24) is 14.9 Å². The topological polar surface area (TPSA) is 58.6 Å². The van der Waals surface area contributed by atoms with Gasteiger partial charge in [-0.2, -0.15) is 16.3 Å². The summed E-state index contributed by atoms with van der Waals surface area (Å²) in [4.78, 5) is 24.9. The molecule has 0 unspecified atom stereocenters. The Morgan fingerprint density at radius 3 is 2.83 bits per heavy atom. The van der Waals surface area contributed by atoms with Gasteiger partial charge in [0.05, 0.1) is 7.11 Å². The molecule has 3 heterocycles. The molecular weight excluding hydrogens is 312 g/mol. The number of piperazine rings is 1. The summed E-state index contributed by atoms with van der Waals surface area (Å²) >= 11 is 1.67. The van der Waals surface area contributed by atoms with Crippen molar-refractivity contribution in [3.63, 3.8) is 0 Å². The average molecular weight is 332 g/mol. The molecule has 0 atom stereocenters. The number of carbonyl (C=O) groups excluding carboxylic acids is 1. The van der Waals surface area contributed by atoms with Crippen molar-refractivity contribution in [2.24, 2.45) is 0 Å². The zero-order chi connectivity index (χ0) is 16.1. The highest BCUT2D eigenvalue weighted by molar-refractivity contribution is 7.07. The quantitative estimate of drug-likeness (QED) is 0.836. The Morgan fingerprint density at radius 2 is 2.13 bits per heavy atom.